The van der Waals surface area contributed by atoms with Crippen molar-refractivity contribution in [2.45, 2.75) is 26.2 Å². The van der Waals surface area contributed by atoms with E-state index in [0.717, 1.165) is 17.7 Å². The summed E-state index contributed by atoms with van der Waals surface area (Å²) in [4.78, 5) is 25.4. The Morgan fingerprint density at radius 2 is 1.59 bits per heavy atom. The maximum absolute atomic E-state index is 13.1. The van der Waals surface area contributed by atoms with Gasteiger partial charge in [0, 0.05) is 28.8 Å². The van der Waals surface area contributed by atoms with E-state index in [9.17, 15) is 14.0 Å². The van der Waals surface area contributed by atoms with Gasteiger partial charge in [-0.1, -0.05) is 18.2 Å². The summed E-state index contributed by atoms with van der Waals surface area (Å²) < 4.78 is 24.9. The Labute approximate surface area is 213 Å². The summed E-state index contributed by atoms with van der Waals surface area (Å²) in [6, 6.07) is 21.7. The molecule has 0 atom stereocenters. The molecule has 0 radical (unpaired) electrons. The fourth-order valence-electron chi connectivity index (χ4n) is 4.20. The molecule has 0 unspecified atom stereocenters. The second-order valence-electron chi connectivity index (χ2n) is 8.61. The molecule has 0 aliphatic heterocycles. The van der Waals surface area contributed by atoms with Gasteiger partial charge in [0.25, 0.3) is 11.8 Å². The van der Waals surface area contributed by atoms with Crippen molar-refractivity contribution < 1.29 is 23.1 Å². The van der Waals surface area contributed by atoms with Crippen LogP contribution in [0.5, 0.6) is 11.5 Å². The Bertz CT molecular complexity index is 1460. The van der Waals surface area contributed by atoms with Gasteiger partial charge < -0.3 is 14.5 Å². The number of aryl methyl sites for hydroxylation is 1. The van der Waals surface area contributed by atoms with Crippen molar-refractivity contribution in [3.05, 3.63) is 113 Å². The normalized spacial score (nSPS) is 13.6. The number of fused-ring (bicyclic) bond motifs is 1. The average Bonchev–Trinajstić information content (AvgIpc) is 3.26. The van der Waals surface area contributed by atoms with Gasteiger partial charge in [-0.2, -0.15) is 5.10 Å². The molecule has 2 N–H and O–H groups in total. The van der Waals surface area contributed by atoms with Crippen LogP contribution in [0.25, 0.3) is 0 Å². The van der Waals surface area contributed by atoms with E-state index >= 15 is 0 Å². The van der Waals surface area contributed by atoms with Crippen molar-refractivity contribution in [2.75, 3.05) is 5.32 Å². The zero-order chi connectivity index (χ0) is 25.8. The van der Waals surface area contributed by atoms with Crippen LogP contribution >= 0.6 is 0 Å². The molecule has 8 heteroatoms. The summed E-state index contributed by atoms with van der Waals surface area (Å²) in [6.07, 6.45) is 2.07. The number of rotatable bonds is 6. The van der Waals surface area contributed by atoms with Crippen molar-refractivity contribution in [1.29, 1.82) is 0 Å². The Hall–Kier alpha value is -4.72. The van der Waals surface area contributed by atoms with E-state index in [1.165, 1.54) is 24.3 Å². The molecule has 1 aliphatic carbocycles. The topological polar surface area (TPSA) is 92.9 Å². The zero-order valence-electron chi connectivity index (χ0n) is 20.1. The van der Waals surface area contributed by atoms with Gasteiger partial charge in [-0.25, -0.2) is 9.82 Å². The van der Waals surface area contributed by atoms with E-state index in [2.05, 4.69) is 15.8 Å². The first kappa shape index (κ1) is 24.0. The van der Waals surface area contributed by atoms with Crippen molar-refractivity contribution in [2.24, 2.45) is 5.10 Å². The molecule has 1 heterocycles. The van der Waals surface area contributed by atoms with E-state index < -0.39 is 11.7 Å². The predicted molar refractivity (Wildman–Crippen MR) is 138 cm³/mol. The molecule has 5 rings (SSSR count). The number of nitrogens with one attached hydrogen (secondary N) is 2. The van der Waals surface area contributed by atoms with Crippen LogP contribution in [0, 0.1) is 12.7 Å². The molecule has 0 spiro atoms. The number of nitrogens with zero attached hydrogens (tertiary/aromatic N) is 1. The summed E-state index contributed by atoms with van der Waals surface area (Å²) in [5, 5.41) is 7.16. The molecular formula is C29H24FN3O4. The fraction of sp³-hybridized carbons (Fsp3) is 0.138. The molecule has 3 aromatic carbocycles. The summed E-state index contributed by atoms with van der Waals surface area (Å²) in [5.74, 6) is 0.997. The molecule has 2 amide bonds. The minimum absolute atomic E-state index is 0.203. The second kappa shape index (κ2) is 10.5. The highest BCUT2D eigenvalue weighted by molar-refractivity contribution is 6.09. The third kappa shape index (κ3) is 5.43. The molecular weight excluding hydrogens is 473 g/mol. The zero-order valence-corrected chi connectivity index (χ0v) is 20.1. The molecule has 7 nitrogen and oxygen atoms in total. The van der Waals surface area contributed by atoms with Crippen LogP contribution in [0.4, 0.5) is 10.1 Å². The number of anilines is 1. The summed E-state index contributed by atoms with van der Waals surface area (Å²) in [6.45, 7) is 1.80. The van der Waals surface area contributed by atoms with Gasteiger partial charge in [0.05, 0.1) is 5.71 Å². The minimum atomic E-state index is -0.446. The first-order valence-corrected chi connectivity index (χ1v) is 11.9. The number of furan rings is 1. The smallest absolute Gasteiger partial charge is 0.291 e. The summed E-state index contributed by atoms with van der Waals surface area (Å²) in [5.41, 5.74) is 5.46. The molecule has 1 aliphatic rings. The van der Waals surface area contributed by atoms with E-state index in [1.807, 2.05) is 30.3 Å². The molecule has 0 saturated carbocycles. The van der Waals surface area contributed by atoms with Gasteiger partial charge >= 0.3 is 0 Å². The van der Waals surface area contributed by atoms with Crippen LogP contribution in [0.15, 0.2) is 88.4 Å². The first-order valence-electron chi connectivity index (χ1n) is 11.9. The summed E-state index contributed by atoms with van der Waals surface area (Å²) in [7, 11) is 0. The fourth-order valence-corrected chi connectivity index (χ4v) is 4.20. The number of benzene rings is 3. The SMILES string of the molecule is Cc1c(C(=O)Nc2ccc(Oc3ccccc3)cc2)oc2c1/C(=N/NC(=O)c1ccc(F)cc1)CCC2. The number of amides is 2. The molecule has 0 bridgehead atoms. The van der Waals surface area contributed by atoms with Gasteiger partial charge in [-0.15, -0.1) is 0 Å². The lowest BCUT2D eigenvalue weighted by atomic mass is 9.93. The number of carbonyl (C=O) groups is 2. The Morgan fingerprint density at radius 1 is 0.892 bits per heavy atom. The van der Waals surface area contributed by atoms with Crippen LogP contribution in [-0.4, -0.2) is 17.5 Å². The average molecular weight is 498 g/mol. The van der Waals surface area contributed by atoms with Crippen molar-refractivity contribution >= 4 is 23.2 Å². The van der Waals surface area contributed by atoms with Crippen molar-refractivity contribution in [1.82, 2.24) is 5.43 Å². The van der Waals surface area contributed by atoms with Gasteiger partial charge in [-0.3, -0.25) is 9.59 Å². The quantitative estimate of drug-likeness (QED) is 0.308. The molecule has 1 aromatic heterocycles. The van der Waals surface area contributed by atoms with Gasteiger partial charge in [-0.05, 0) is 80.4 Å². The van der Waals surface area contributed by atoms with E-state index in [1.54, 1.807) is 31.2 Å². The predicted octanol–water partition coefficient (Wildman–Crippen LogP) is 6.24. The molecule has 186 valence electrons. The monoisotopic (exact) mass is 497 g/mol. The standard InChI is InChI=1S/C29H24FN3O4/c1-18-26-24(32-33-28(34)19-10-12-20(30)13-11-19)8-5-9-25(26)37-27(18)29(35)31-21-14-16-23(17-15-21)36-22-6-3-2-4-7-22/h2-4,6-7,10-17H,5,8-9H2,1H3,(H,31,35)(H,33,34)/b32-24+. The third-order valence-electron chi connectivity index (χ3n) is 6.02. The van der Waals surface area contributed by atoms with E-state index in [4.69, 9.17) is 9.15 Å². The first-order chi connectivity index (χ1) is 18.0. The van der Waals surface area contributed by atoms with Crippen molar-refractivity contribution in [3.8, 4) is 11.5 Å². The van der Waals surface area contributed by atoms with Crippen LogP contribution in [-0.2, 0) is 6.42 Å². The van der Waals surface area contributed by atoms with E-state index in [-0.39, 0.29) is 11.7 Å². The van der Waals surface area contributed by atoms with Gasteiger partial charge in [0.15, 0.2) is 5.76 Å². The maximum Gasteiger partial charge on any atom is 0.291 e. The number of hydrazone groups is 1. The Morgan fingerprint density at radius 3 is 2.32 bits per heavy atom. The van der Waals surface area contributed by atoms with Crippen molar-refractivity contribution in [3.63, 3.8) is 0 Å². The molecule has 0 saturated heterocycles. The number of para-hydroxylation sites is 1. The molecule has 37 heavy (non-hydrogen) atoms. The van der Waals surface area contributed by atoms with E-state index in [0.29, 0.717) is 46.9 Å². The van der Waals surface area contributed by atoms with Crippen LogP contribution in [0.1, 0.15) is 50.6 Å². The highest BCUT2D eigenvalue weighted by Gasteiger charge is 2.28. The summed E-state index contributed by atoms with van der Waals surface area (Å²) >= 11 is 0. The lowest BCUT2D eigenvalue weighted by Gasteiger charge is -2.13. The Balaban J connectivity index is 1.29. The highest BCUT2D eigenvalue weighted by atomic mass is 19.1. The van der Waals surface area contributed by atoms with Gasteiger partial charge in [0.1, 0.15) is 23.1 Å². The highest BCUT2D eigenvalue weighted by Crippen LogP contribution is 2.31. The second-order valence-corrected chi connectivity index (χ2v) is 8.61. The van der Waals surface area contributed by atoms with Crippen LogP contribution in [0.2, 0.25) is 0 Å². The number of carbonyl (C=O) groups excluding carboxylic acids is 2. The largest absolute Gasteiger partial charge is 0.457 e. The van der Waals surface area contributed by atoms with Gasteiger partial charge in [0.2, 0.25) is 0 Å². The minimum Gasteiger partial charge on any atom is -0.457 e. The number of hydrogen-bond donors (Lipinski definition) is 2. The maximum atomic E-state index is 13.1. The third-order valence-corrected chi connectivity index (χ3v) is 6.02. The Kier molecular flexibility index (Phi) is 6.81. The molecule has 0 fully saturated rings. The molecule has 4 aromatic rings. The lowest BCUT2D eigenvalue weighted by molar-refractivity contribution is 0.0953. The van der Waals surface area contributed by atoms with Crippen LogP contribution in [0.3, 0.4) is 0 Å². The number of halogens is 1. The number of ether oxygens (including phenoxy) is 1. The number of hydrogen-bond acceptors (Lipinski definition) is 5. The van der Waals surface area contributed by atoms with Crippen LogP contribution < -0.4 is 15.5 Å². The lowest BCUT2D eigenvalue weighted by Crippen LogP contribution is -2.22.